The van der Waals surface area contributed by atoms with Gasteiger partial charge in [-0.05, 0) is 6.92 Å². The highest BCUT2D eigenvalue weighted by Gasteiger charge is 2.11. The van der Waals surface area contributed by atoms with Crippen molar-refractivity contribution in [2.75, 3.05) is 5.73 Å². The van der Waals surface area contributed by atoms with E-state index >= 15 is 0 Å². The molecule has 0 bridgehead atoms. The first-order valence-corrected chi connectivity index (χ1v) is 5.17. The van der Waals surface area contributed by atoms with E-state index in [-0.39, 0.29) is 5.82 Å². The number of anilines is 1. The zero-order valence-corrected chi connectivity index (χ0v) is 10.3. The zero-order chi connectivity index (χ0) is 13.3. The fourth-order valence-electron chi connectivity index (χ4n) is 1.52. The third kappa shape index (κ3) is 1.93. The van der Waals surface area contributed by atoms with Crippen LogP contribution in [0.5, 0.6) is 0 Å². The van der Waals surface area contributed by atoms with Gasteiger partial charge in [-0.2, -0.15) is 10.4 Å². The molecule has 0 atom stereocenters. The van der Waals surface area contributed by atoms with Crippen LogP contribution in [0, 0.1) is 18.3 Å². The molecule has 0 fully saturated rings. The summed E-state index contributed by atoms with van der Waals surface area (Å²) in [7, 11) is 3.44. The quantitative estimate of drug-likeness (QED) is 0.803. The molecule has 0 amide bonds. The van der Waals surface area contributed by atoms with Crippen molar-refractivity contribution in [1.82, 2.24) is 19.6 Å². The second kappa shape index (κ2) is 4.29. The topological polar surface area (TPSA) is 110 Å². The summed E-state index contributed by atoms with van der Waals surface area (Å²) in [5.41, 5.74) is 7.33. The van der Waals surface area contributed by atoms with Crippen LogP contribution in [0.2, 0.25) is 0 Å². The van der Waals surface area contributed by atoms with Gasteiger partial charge in [0, 0.05) is 20.3 Å². The third-order valence-corrected chi connectivity index (χ3v) is 2.41. The van der Waals surface area contributed by atoms with Crippen LogP contribution < -0.4 is 5.73 Å². The molecule has 0 aliphatic heterocycles. The van der Waals surface area contributed by atoms with E-state index in [1.165, 1.54) is 9.36 Å². The summed E-state index contributed by atoms with van der Waals surface area (Å²) in [5.74, 6) is 0.688. The van der Waals surface area contributed by atoms with Crippen LogP contribution in [0.4, 0.5) is 17.3 Å². The molecule has 0 aliphatic rings. The molecule has 0 radical (unpaired) electrons. The van der Waals surface area contributed by atoms with Gasteiger partial charge in [-0.1, -0.05) is 0 Å². The van der Waals surface area contributed by atoms with Crippen molar-refractivity contribution >= 4 is 17.3 Å². The van der Waals surface area contributed by atoms with Gasteiger partial charge in [-0.3, -0.25) is 9.36 Å². The molecule has 0 aliphatic carbocycles. The predicted octanol–water partition coefficient (Wildman–Crippen LogP) is 1.33. The van der Waals surface area contributed by atoms with Gasteiger partial charge in [-0.15, -0.1) is 15.3 Å². The minimum absolute atomic E-state index is 0.266. The van der Waals surface area contributed by atoms with Crippen molar-refractivity contribution in [3.8, 4) is 6.07 Å². The summed E-state index contributed by atoms with van der Waals surface area (Å²) in [5, 5.41) is 25.0. The van der Waals surface area contributed by atoms with Gasteiger partial charge in [0.05, 0.1) is 5.69 Å². The lowest BCUT2D eigenvalue weighted by molar-refractivity contribution is 0.766. The van der Waals surface area contributed by atoms with E-state index in [1.54, 1.807) is 27.2 Å². The number of nitrogens with zero attached hydrogens (tertiary/aromatic N) is 7. The largest absolute Gasteiger partial charge is 0.382 e. The maximum absolute atomic E-state index is 8.90. The summed E-state index contributed by atoms with van der Waals surface area (Å²) >= 11 is 0. The fraction of sp³-hybridized carbons (Fsp3) is 0.300. The van der Waals surface area contributed by atoms with E-state index in [1.807, 2.05) is 6.07 Å². The Balaban J connectivity index is 2.39. The van der Waals surface area contributed by atoms with Crippen LogP contribution in [0.15, 0.2) is 16.4 Å². The summed E-state index contributed by atoms with van der Waals surface area (Å²) in [4.78, 5) is 0. The van der Waals surface area contributed by atoms with Crippen molar-refractivity contribution in [2.45, 2.75) is 6.92 Å². The highest BCUT2D eigenvalue weighted by molar-refractivity contribution is 5.61. The normalized spacial score (nSPS) is 11.0. The molecule has 18 heavy (non-hydrogen) atoms. The van der Waals surface area contributed by atoms with Crippen LogP contribution in [0.25, 0.3) is 0 Å². The lowest BCUT2D eigenvalue weighted by atomic mass is 10.4. The number of hydrogen-bond donors (Lipinski definition) is 1. The average molecular weight is 244 g/mol. The molecule has 0 unspecified atom stereocenters. The Labute approximate surface area is 103 Å². The van der Waals surface area contributed by atoms with Crippen LogP contribution >= 0.6 is 0 Å². The first-order chi connectivity index (χ1) is 8.52. The van der Waals surface area contributed by atoms with Gasteiger partial charge < -0.3 is 5.73 Å². The molecule has 0 saturated heterocycles. The minimum atomic E-state index is 0.266. The number of nitrogen functional groups attached to an aromatic ring is 1. The standard InChI is InChI=1S/C10H12N8/c1-6-8(9(12)18(3)15-6)13-14-10-7(4-11)5-17(2)16-10/h5H,12H2,1-3H3. The molecule has 2 N–H and O–H groups in total. The highest BCUT2D eigenvalue weighted by atomic mass is 15.3. The second-order valence-corrected chi connectivity index (χ2v) is 3.79. The van der Waals surface area contributed by atoms with Gasteiger partial charge in [-0.25, -0.2) is 0 Å². The lowest BCUT2D eigenvalue weighted by Gasteiger charge is -1.92. The zero-order valence-electron chi connectivity index (χ0n) is 10.3. The van der Waals surface area contributed by atoms with E-state index in [4.69, 9.17) is 11.0 Å². The molecule has 2 heterocycles. The molecule has 8 heteroatoms. The number of azo groups is 1. The monoisotopic (exact) mass is 244 g/mol. The third-order valence-electron chi connectivity index (χ3n) is 2.41. The number of aromatic nitrogens is 4. The summed E-state index contributed by atoms with van der Waals surface area (Å²) < 4.78 is 3.03. The summed E-state index contributed by atoms with van der Waals surface area (Å²) in [6.07, 6.45) is 1.58. The Morgan fingerprint density at radius 3 is 2.61 bits per heavy atom. The van der Waals surface area contributed by atoms with E-state index < -0.39 is 0 Å². The Kier molecular flexibility index (Phi) is 2.81. The Morgan fingerprint density at radius 2 is 2.06 bits per heavy atom. The first kappa shape index (κ1) is 11.8. The molecule has 92 valence electrons. The van der Waals surface area contributed by atoms with Gasteiger partial charge >= 0.3 is 0 Å². The molecule has 8 nitrogen and oxygen atoms in total. The molecular weight excluding hydrogens is 232 g/mol. The molecule has 2 aromatic heterocycles. The number of aryl methyl sites for hydroxylation is 3. The van der Waals surface area contributed by atoms with Crippen LogP contribution in [0.1, 0.15) is 11.3 Å². The van der Waals surface area contributed by atoms with E-state index in [9.17, 15) is 0 Å². The summed E-state index contributed by atoms with van der Waals surface area (Å²) in [6.45, 7) is 1.79. The fourth-order valence-corrected chi connectivity index (χ4v) is 1.52. The molecule has 2 rings (SSSR count). The molecular formula is C10H12N8. The van der Waals surface area contributed by atoms with E-state index in [0.717, 1.165) is 0 Å². The number of nitrogens with two attached hydrogens (primary N) is 1. The number of nitriles is 1. The van der Waals surface area contributed by atoms with Crippen molar-refractivity contribution in [1.29, 1.82) is 5.26 Å². The second-order valence-electron chi connectivity index (χ2n) is 3.79. The minimum Gasteiger partial charge on any atom is -0.382 e. The first-order valence-electron chi connectivity index (χ1n) is 5.17. The van der Waals surface area contributed by atoms with Gasteiger partial charge in [0.25, 0.3) is 0 Å². The maximum Gasteiger partial charge on any atom is 0.213 e. The van der Waals surface area contributed by atoms with Gasteiger partial charge in [0.2, 0.25) is 5.82 Å². The van der Waals surface area contributed by atoms with Crippen molar-refractivity contribution in [3.05, 3.63) is 17.5 Å². The van der Waals surface area contributed by atoms with Crippen LogP contribution in [0.3, 0.4) is 0 Å². The lowest BCUT2D eigenvalue weighted by Crippen LogP contribution is -1.96. The van der Waals surface area contributed by atoms with E-state index in [2.05, 4.69) is 20.4 Å². The predicted molar refractivity (Wildman–Crippen MR) is 64.5 cm³/mol. The Hall–Kier alpha value is -2.69. The van der Waals surface area contributed by atoms with Crippen LogP contribution in [-0.2, 0) is 14.1 Å². The summed E-state index contributed by atoms with van der Waals surface area (Å²) in [6, 6.07) is 2.00. The molecule has 2 aromatic rings. The highest BCUT2D eigenvalue weighted by Crippen LogP contribution is 2.27. The van der Waals surface area contributed by atoms with Crippen molar-refractivity contribution in [3.63, 3.8) is 0 Å². The van der Waals surface area contributed by atoms with E-state index in [0.29, 0.717) is 22.8 Å². The van der Waals surface area contributed by atoms with Gasteiger partial charge in [0.15, 0.2) is 5.69 Å². The SMILES string of the molecule is Cc1nn(C)c(N)c1N=Nc1nn(C)cc1C#N. The molecule has 0 aromatic carbocycles. The number of hydrogen-bond acceptors (Lipinski definition) is 6. The molecule has 0 saturated carbocycles. The van der Waals surface area contributed by atoms with Crippen LogP contribution in [-0.4, -0.2) is 19.6 Å². The average Bonchev–Trinajstić information content (AvgIpc) is 2.79. The molecule has 0 spiro atoms. The smallest absolute Gasteiger partial charge is 0.213 e. The Bertz CT molecular complexity index is 654. The maximum atomic E-state index is 8.90. The van der Waals surface area contributed by atoms with Crippen molar-refractivity contribution in [2.24, 2.45) is 24.3 Å². The Morgan fingerprint density at radius 1 is 1.33 bits per heavy atom. The van der Waals surface area contributed by atoms with Crippen molar-refractivity contribution < 1.29 is 0 Å². The number of rotatable bonds is 2. The van der Waals surface area contributed by atoms with Gasteiger partial charge in [0.1, 0.15) is 17.5 Å².